The Labute approximate surface area is 148 Å². The molecule has 0 aliphatic carbocycles. The molecule has 142 valence electrons. The molecule has 0 atom stereocenters. The minimum absolute atomic E-state index is 0.0226. The highest BCUT2D eigenvalue weighted by Gasteiger charge is 2.29. The molecule has 0 saturated carbocycles. The molecule has 2 aromatic rings. The summed E-state index contributed by atoms with van der Waals surface area (Å²) in [5, 5.41) is 2.25. The number of pyridine rings is 1. The van der Waals surface area contributed by atoms with E-state index in [0.717, 1.165) is 23.0 Å². The van der Waals surface area contributed by atoms with Crippen LogP contribution in [0.5, 0.6) is 0 Å². The molecular weight excluding hydrogens is 373 g/mol. The van der Waals surface area contributed by atoms with Crippen molar-refractivity contribution in [1.29, 1.82) is 0 Å². The summed E-state index contributed by atoms with van der Waals surface area (Å²) < 4.78 is 67.4. The smallest absolute Gasteiger partial charge is 0.280 e. The summed E-state index contributed by atoms with van der Waals surface area (Å²) in [7, 11) is -2.86. The quantitative estimate of drug-likeness (QED) is 0.792. The first-order valence-corrected chi connectivity index (χ1v) is 8.94. The van der Waals surface area contributed by atoms with E-state index in [-0.39, 0.29) is 5.69 Å². The fourth-order valence-corrected chi connectivity index (χ4v) is 3.60. The molecule has 0 radical (unpaired) electrons. The molecule has 0 saturated heterocycles. The zero-order chi connectivity index (χ0) is 19.6. The lowest BCUT2D eigenvalue weighted by Gasteiger charge is -2.08. The zero-order valence-electron chi connectivity index (χ0n) is 14.1. The third-order valence-corrected chi connectivity index (χ3v) is 4.89. The first kappa shape index (κ1) is 19.9. The Morgan fingerprint density at radius 2 is 1.96 bits per heavy atom. The van der Waals surface area contributed by atoms with Crippen molar-refractivity contribution in [2.24, 2.45) is 7.05 Å². The summed E-state index contributed by atoms with van der Waals surface area (Å²) in [5.74, 6) is -2.22. The van der Waals surface area contributed by atoms with Gasteiger partial charge in [-0.05, 0) is 26.0 Å². The second kappa shape index (κ2) is 7.46. The van der Waals surface area contributed by atoms with Gasteiger partial charge in [0, 0.05) is 31.2 Å². The van der Waals surface area contributed by atoms with Gasteiger partial charge >= 0.3 is 0 Å². The van der Waals surface area contributed by atoms with Gasteiger partial charge in [0.05, 0.1) is 0 Å². The first-order valence-electron chi connectivity index (χ1n) is 7.45. The largest absolute Gasteiger partial charge is 0.343 e. The zero-order valence-corrected chi connectivity index (χ0v) is 14.9. The molecule has 2 aromatic heterocycles. The highest BCUT2D eigenvalue weighted by molar-refractivity contribution is 7.89. The monoisotopic (exact) mass is 390 g/mol. The number of hydrogen-bond donors (Lipinski definition) is 2. The third kappa shape index (κ3) is 4.22. The molecule has 11 heteroatoms. The number of hydrogen-bond acceptors (Lipinski definition) is 4. The van der Waals surface area contributed by atoms with E-state index >= 15 is 0 Å². The molecule has 0 spiro atoms. The number of sulfonamides is 1. The van der Waals surface area contributed by atoms with Gasteiger partial charge in [0.25, 0.3) is 12.3 Å². The van der Waals surface area contributed by atoms with E-state index in [4.69, 9.17) is 0 Å². The van der Waals surface area contributed by atoms with Crippen LogP contribution in [0.3, 0.4) is 0 Å². The number of halogens is 3. The maximum absolute atomic E-state index is 14.6. The summed E-state index contributed by atoms with van der Waals surface area (Å²) in [6.45, 7) is 3.13. The van der Waals surface area contributed by atoms with Gasteiger partial charge in [0.1, 0.15) is 16.3 Å². The second-order valence-electron chi connectivity index (χ2n) is 5.77. The van der Waals surface area contributed by atoms with Gasteiger partial charge in [-0.25, -0.2) is 26.3 Å². The lowest BCUT2D eigenvalue weighted by Crippen LogP contribution is -2.30. The maximum Gasteiger partial charge on any atom is 0.280 e. The van der Waals surface area contributed by atoms with Crippen molar-refractivity contribution in [3.63, 3.8) is 0 Å². The van der Waals surface area contributed by atoms with Crippen LogP contribution >= 0.6 is 0 Å². The minimum Gasteiger partial charge on any atom is -0.343 e. The van der Waals surface area contributed by atoms with E-state index in [2.05, 4.69) is 15.0 Å². The van der Waals surface area contributed by atoms with Crippen LogP contribution in [0.4, 0.5) is 18.9 Å². The molecule has 0 aliphatic heterocycles. The Morgan fingerprint density at radius 1 is 1.31 bits per heavy atom. The third-order valence-electron chi connectivity index (χ3n) is 3.25. The number of aryl methyl sites for hydroxylation is 1. The van der Waals surface area contributed by atoms with Crippen molar-refractivity contribution in [2.45, 2.75) is 31.2 Å². The molecule has 26 heavy (non-hydrogen) atoms. The summed E-state index contributed by atoms with van der Waals surface area (Å²) in [6.07, 6.45) is -0.801. The molecule has 2 rings (SSSR count). The minimum atomic E-state index is -4.15. The number of carbonyl (C=O) groups excluding carboxylic acids is 1. The maximum atomic E-state index is 14.6. The lowest BCUT2D eigenvalue weighted by atomic mass is 10.3. The van der Waals surface area contributed by atoms with Crippen LogP contribution in [0.1, 0.15) is 36.5 Å². The SMILES string of the molecule is CC(C)NS(=O)(=O)c1cn(C)c(C(=O)Nc2ccnc(C(F)F)c2)c1F. The molecule has 0 aromatic carbocycles. The average Bonchev–Trinajstić information content (AvgIpc) is 2.82. The highest BCUT2D eigenvalue weighted by atomic mass is 32.2. The molecule has 0 aliphatic rings. The highest BCUT2D eigenvalue weighted by Crippen LogP contribution is 2.23. The van der Waals surface area contributed by atoms with Crippen molar-refractivity contribution in [2.75, 3.05) is 5.32 Å². The van der Waals surface area contributed by atoms with Crippen molar-refractivity contribution in [3.8, 4) is 0 Å². The van der Waals surface area contributed by atoms with Gasteiger partial charge in [-0.15, -0.1) is 0 Å². The average molecular weight is 390 g/mol. The molecule has 2 heterocycles. The first-order chi connectivity index (χ1) is 12.0. The van der Waals surface area contributed by atoms with Crippen molar-refractivity contribution < 1.29 is 26.4 Å². The second-order valence-corrected chi connectivity index (χ2v) is 7.45. The fraction of sp³-hybridized carbons (Fsp3) is 0.333. The number of nitrogens with one attached hydrogen (secondary N) is 2. The van der Waals surface area contributed by atoms with Gasteiger partial charge in [0.2, 0.25) is 10.0 Å². The Balaban J connectivity index is 2.35. The van der Waals surface area contributed by atoms with Crippen LogP contribution in [0, 0.1) is 5.82 Å². The Bertz CT molecular complexity index is 926. The predicted molar refractivity (Wildman–Crippen MR) is 88.0 cm³/mol. The van der Waals surface area contributed by atoms with E-state index in [0.29, 0.717) is 0 Å². The van der Waals surface area contributed by atoms with Crippen molar-refractivity contribution in [3.05, 3.63) is 41.7 Å². The molecule has 0 fully saturated rings. The van der Waals surface area contributed by atoms with Crippen LogP contribution in [-0.4, -0.2) is 29.9 Å². The standard InChI is InChI=1S/C15H17F3N4O3S/c1-8(2)21-26(24,25)11-7-22(3)13(12(11)16)15(23)20-9-4-5-19-10(6-9)14(17)18/h4-8,14,21H,1-3H3,(H,19,20,23). The van der Waals surface area contributed by atoms with E-state index < -0.39 is 50.5 Å². The van der Waals surface area contributed by atoms with Crippen LogP contribution in [0.2, 0.25) is 0 Å². The normalized spacial score (nSPS) is 12.0. The number of carbonyl (C=O) groups is 1. The Kier molecular flexibility index (Phi) is 5.71. The lowest BCUT2D eigenvalue weighted by molar-refractivity contribution is 0.101. The molecule has 1 amide bonds. The predicted octanol–water partition coefficient (Wildman–Crippen LogP) is 2.44. The number of anilines is 1. The van der Waals surface area contributed by atoms with E-state index in [9.17, 15) is 26.4 Å². The molecule has 2 N–H and O–H groups in total. The van der Waals surface area contributed by atoms with Crippen LogP contribution in [0.25, 0.3) is 0 Å². The van der Waals surface area contributed by atoms with Gasteiger partial charge in [-0.2, -0.15) is 0 Å². The fourth-order valence-electron chi connectivity index (χ4n) is 2.23. The number of rotatable bonds is 6. The van der Waals surface area contributed by atoms with Crippen LogP contribution in [0.15, 0.2) is 29.4 Å². The van der Waals surface area contributed by atoms with Crippen molar-refractivity contribution in [1.82, 2.24) is 14.3 Å². The van der Waals surface area contributed by atoms with Crippen LogP contribution < -0.4 is 10.0 Å². The molecule has 0 bridgehead atoms. The topological polar surface area (TPSA) is 93.1 Å². The van der Waals surface area contributed by atoms with Crippen LogP contribution in [-0.2, 0) is 17.1 Å². The van der Waals surface area contributed by atoms with Crippen molar-refractivity contribution >= 4 is 21.6 Å². The number of alkyl halides is 2. The summed E-state index contributed by atoms with van der Waals surface area (Å²) in [4.78, 5) is 15.1. The Hall–Kier alpha value is -2.40. The Morgan fingerprint density at radius 3 is 2.54 bits per heavy atom. The molecule has 7 nitrogen and oxygen atoms in total. The van der Waals surface area contributed by atoms with Gasteiger partial charge in [0.15, 0.2) is 5.82 Å². The van der Waals surface area contributed by atoms with Gasteiger partial charge in [-0.1, -0.05) is 0 Å². The number of amides is 1. The molecule has 0 unspecified atom stereocenters. The molecular formula is C15H17F3N4O3S. The van der Waals surface area contributed by atoms with E-state index in [1.807, 2.05) is 0 Å². The number of nitrogens with zero attached hydrogens (tertiary/aromatic N) is 2. The van der Waals surface area contributed by atoms with Gasteiger partial charge < -0.3 is 9.88 Å². The van der Waals surface area contributed by atoms with Gasteiger partial charge in [-0.3, -0.25) is 9.78 Å². The van der Waals surface area contributed by atoms with E-state index in [1.54, 1.807) is 13.8 Å². The number of aromatic nitrogens is 2. The summed E-state index contributed by atoms with van der Waals surface area (Å²) in [6, 6.07) is 1.73. The summed E-state index contributed by atoms with van der Waals surface area (Å²) in [5.41, 5.74) is -1.13. The van der Waals surface area contributed by atoms with E-state index in [1.165, 1.54) is 13.1 Å². The summed E-state index contributed by atoms with van der Waals surface area (Å²) >= 11 is 0.